The highest BCUT2D eigenvalue weighted by molar-refractivity contribution is 6.06. The minimum absolute atomic E-state index is 0.295. The van der Waals surface area contributed by atoms with E-state index >= 15 is 0 Å². The first-order valence-electron chi connectivity index (χ1n) is 9.15. The van der Waals surface area contributed by atoms with Gasteiger partial charge in [-0.25, -0.2) is 0 Å². The van der Waals surface area contributed by atoms with Crippen LogP contribution in [0.15, 0.2) is 30.3 Å². The van der Waals surface area contributed by atoms with E-state index in [9.17, 15) is 4.79 Å². The maximum absolute atomic E-state index is 12.9. The fourth-order valence-electron chi connectivity index (χ4n) is 3.37. The van der Waals surface area contributed by atoms with Crippen molar-refractivity contribution in [2.24, 2.45) is 0 Å². The van der Waals surface area contributed by atoms with Crippen molar-refractivity contribution >= 4 is 17.3 Å². The Bertz CT molecular complexity index is 822. The molecule has 0 unspecified atom stereocenters. The second-order valence-corrected chi connectivity index (χ2v) is 6.45. The van der Waals surface area contributed by atoms with E-state index < -0.39 is 0 Å². The number of carbonyl (C=O) groups excluding carboxylic acids is 1. The minimum Gasteiger partial charge on any atom is -0.495 e. The molecule has 150 valence electrons. The Morgan fingerprint density at radius 2 is 1.46 bits per heavy atom. The summed E-state index contributed by atoms with van der Waals surface area (Å²) in [5.41, 5.74) is 2.08. The van der Waals surface area contributed by atoms with E-state index in [0.717, 1.165) is 18.8 Å². The van der Waals surface area contributed by atoms with Crippen LogP contribution in [0.5, 0.6) is 23.0 Å². The monoisotopic (exact) mass is 386 g/mol. The molecule has 28 heavy (non-hydrogen) atoms. The van der Waals surface area contributed by atoms with E-state index in [4.69, 9.17) is 18.9 Å². The zero-order valence-electron chi connectivity index (χ0n) is 16.7. The molecule has 1 aliphatic heterocycles. The summed E-state index contributed by atoms with van der Waals surface area (Å²) in [6.07, 6.45) is 2.36. The quantitative estimate of drug-likeness (QED) is 0.785. The molecule has 0 aliphatic carbocycles. The van der Waals surface area contributed by atoms with Crippen molar-refractivity contribution in [2.75, 3.05) is 51.7 Å². The Morgan fingerprint density at radius 3 is 2.00 bits per heavy atom. The lowest BCUT2D eigenvalue weighted by Gasteiger charge is -2.20. The lowest BCUT2D eigenvalue weighted by atomic mass is 10.1. The molecule has 1 N–H and O–H groups in total. The molecular weight excluding hydrogens is 360 g/mol. The second-order valence-electron chi connectivity index (χ2n) is 6.45. The van der Waals surface area contributed by atoms with Crippen LogP contribution in [0.3, 0.4) is 0 Å². The van der Waals surface area contributed by atoms with Crippen LogP contribution in [-0.4, -0.2) is 47.4 Å². The standard InChI is InChI=1S/C21H26N2O5/c1-25-17-8-7-15(23-9-5-6-10-23)13-16(17)22-21(24)14-11-18(26-2)20(28-4)19(12-14)27-3/h7-8,11-13H,5-6,9-10H2,1-4H3,(H,22,24). The fraction of sp³-hybridized carbons (Fsp3) is 0.381. The molecule has 2 aromatic rings. The number of ether oxygens (including phenoxy) is 4. The predicted octanol–water partition coefficient (Wildman–Crippen LogP) is 3.57. The summed E-state index contributed by atoms with van der Waals surface area (Å²) >= 11 is 0. The molecule has 1 aliphatic rings. The average molecular weight is 386 g/mol. The Morgan fingerprint density at radius 1 is 0.857 bits per heavy atom. The minimum atomic E-state index is -0.295. The maximum atomic E-state index is 12.9. The van der Waals surface area contributed by atoms with Gasteiger partial charge in [0.25, 0.3) is 5.91 Å². The Labute approximate surface area is 165 Å². The number of methoxy groups -OCH3 is 4. The van der Waals surface area contributed by atoms with Crippen molar-refractivity contribution in [3.8, 4) is 23.0 Å². The molecule has 1 fully saturated rings. The molecule has 7 nitrogen and oxygen atoms in total. The molecule has 0 aromatic heterocycles. The molecule has 7 heteroatoms. The van der Waals surface area contributed by atoms with Gasteiger partial charge in [0.15, 0.2) is 11.5 Å². The van der Waals surface area contributed by atoms with Crippen LogP contribution in [0.1, 0.15) is 23.2 Å². The number of hydrogen-bond acceptors (Lipinski definition) is 6. The summed E-state index contributed by atoms with van der Waals surface area (Å²) in [5.74, 6) is 1.59. The molecule has 1 saturated heterocycles. The van der Waals surface area contributed by atoms with Gasteiger partial charge in [-0.1, -0.05) is 0 Å². The number of benzene rings is 2. The number of anilines is 2. The smallest absolute Gasteiger partial charge is 0.256 e. The maximum Gasteiger partial charge on any atom is 0.256 e. The summed E-state index contributed by atoms with van der Waals surface area (Å²) in [6, 6.07) is 9.07. The van der Waals surface area contributed by atoms with Gasteiger partial charge in [-0.15, -0.1) is 0 Å². The number of carbonyl (C=O) groups is 1. The second kappa shape index (κ2) is 8.73. The first-order valence-corrected chi connectivity index (χ1v) is 9.15. The van der Waals surface area contributed by atoms with Crippen LogP contribution >= 0.6 is 0 Å². The van der Waals surface area contributed by atoms with Gasteiger partial charge in [0.05, 0.1) is 34.1 Å². The van der Waals surface area contributed by atoms with Crippen LogP contribution in [0.25, 0.3) is 0 Å². The number of nitrogens with one attached hydrogen (secondary N) is 1. The van der Waals surface area contributed by atoms with Crippen LogP contribution in [0, 0.1) is 0 Å². The average Bonchev–Trinajstić information content (AvgIpc) is 3.27. The Kier molecular flexibility index (Phi) is 6.13. The Hall–Kier alpha value is -3.09. The first-order chi connectivity index (χ1) is 13.6. The molecule has 2 aromatic carbocycles. The fourth-order valence-corrected chi connectivity index (χ4v) is 3.37. The van der Waals surface area contributed by atoms with Gasteiger partial charge in [0.1, 0.15) is 5.75 Å². The highest BCUT2D eigenvalue weighted by Crippen LogP contribution is 2.39. The summed E-state index contributed by atoms with van der Waals surface area (Å²) in [6.45, 7) is 2.04. The number of rotatable bonds is 7. The van der Waals surface area contributed by atoms with Gasteiger partial charge < -0.3 is 29.2 Å². The van der Waals surface area contributed by atoms with Crippen LogP contribution in [0.4, 0.5) is 11.4 Å². The highest BCUT2D eigenvalue weighted by Gasteiger charge is 2.19. The molecule has 0 radical (unpaired) electrons. The molecule has 0 atom stereocenters. The lowest BCUT2D eigenvalue weighted by Crippen LogP contribution is -2.18. The number of hydrogen-bond donors (Lipinski definition) is 1. The van der Waals surface area contributed by atoms with Gasteiger partial charge in [0, 0.05) is 24.3 Å². The number of amides is 1. The van der Waals surface area contributed by atoms with Crippen molar-refractivity contribution < 1.29 is 23.7 Å². The number of nitrogens with zero attached hydrogens (tertiary/aromatic N) is 1. The van der Waals surface area contributed by atoms with Crippen molar-refractivity contribution in [1.82, 2.24) is 0 Å². The van der Waals surface area contributed by atoms with Gasteiger partial charge in [-0.3, -0.25) is 4.79 Å². The van der Waals surface area contributed by atoms with Gasteiger partial charge in [0.2, 0.25) is 5.75 Å². The van der Waals surface area contributed by atoms with Gasteiger partial charge >= 0.3 is 0 Å². The van der Waals surface area contributed by atoms with Crippen LogP contribution in [-0.2, 0) is 0 Å². The van der Waals surface area contributed by atoms with Crippen molar-refractivity contribution in [3.05, 3.63) is 35.9 Å². The van der Waals surface area contributed by atoms with Crippen LogP contribution in [0.2, 0.25) is 0 Å². The molecule has 1 heterocycles. The summed E-state index contributed by atoms with van der Waals surface area (Å²) in [4.78, 5) is 15.2. The predicted molar refractivity (Wildman–Crippen MR) is 108 cm³/mol. The molecule has 3 rings (SSSR count). The summed E-state index contributed by atoms with van der Waals surface area (Å²) in [5, 5.41) is 2.94. The van der Waals surface area contributed by atoms with Crippen molar-refractivity contribution in [2.45, 2.75) is 12.8 Å². The van der Waals surface area contributed by atoms with Crippen molar-refractivity contribution in [3.63, 3.8) is 0 Å². The van der Waals surface area contributed by atoms with E-state index in [2.05, 4.69) is 10.2 Å². The summed E-state index contributed by atoms with van der Waals surface area (Å²) in [7, 11) is 6.14. The van der Waals surface area contributed by atoms with E-state index in [0.29, 0.717) is 34.2 Å². The van der Waals surface area contributed by atoms with E-state index in [-0.39, 0.29) is 5.91 Å². The molecule has 0 spiro atoms. The van der Waals surface area contributed by atoms with Crippen molar-refractivity contribution in [1.29, 1.82) is 0 Å². The SMILES string of the molecule is COc1ccc(N2CCCC2)cc1NC(=O)c1cc(OC)c(OC)c(OC)c1. The van der Waals surface area contributed by atoms with E-state index in [1.54, 1.807) is 19.2 Å². The summed E-state index contributed by atoms with van der Waals surface area (Å²) < 4.78 is 21.4. The molecule has 0 saturated carbocycles. The highest BCUT2D eigenvalue weighted by atomic mass is 16.5. The topological polar surface area (TPSA) is 69.3 Å². The Balaban J connectivity index is 1.91. The van der Waals surface area contributed by atoms with Gasteiger partial charge in [-0.2, -0.15) is 0 Å². The first kappa shape index (κ1) is 19.7. The largest absolute Gasteiger partial charge is 0.495 e. The molecule has 1 amide bonds. The zero-order chi connectivity index (χ0) is 20.1. The van der Waals surface area contributed by atoms with E-state index in [1.165, 1.54) is 34.2 Å². The third-order valence-electron chi connectivity index (χ3n) is 4.83. The van der Waals surface area contributed by atoms with E-state index in [1.807, 2.05) is 18.2 Å². The third-order valence-corrected chi connectivity index (χ3v) is 4.83. The van der Waals surface area contributed by atoms with Crippen LogP contribution < -0.4 is 29.2 Å². The third kappa shape index (κ3) is 3.93. The normalized spacial score (nSPS) is 13.2. The molecule has 0 bridgehead atoms. The van der Waals surface area contributed by atoms with Gasteiger partial charge in [-0.05, 0) is 43.2 Å². The molecular formula is C21H26N2O5. The zero-order valence-corrected chi connectivity index (χ0v) is 16.7. The lowest BCUT2D eigenvalue weighted by molar-refractivity contribution is 0.102.